The van der Waals surface area contributed by atoms with Gasteiger partial charge in [0.25, 0.3) is 15.9 Å². The first-order valence-electron chi connectivity index (χ1n) is 13.4. The molecule has 6 rings (SSSR count). The number of piperazine rings is 1. The second-order valence-electron chi connectivity index (χ2n) is 10.5. The van der Waals surface area contributed by atoms with Crippen molar-refractivity contribution in [2.45, 2.75) is 43.4 Å². The molecule has 0 bridgehead atoms. The molecule has 14 heteroatoms. The number of hydrogen-bond acceptors (Lipinski definition) is 8. The molecule has 0 spiro atoms. The lowest BCUT2D eigenvalue weighted by molar-refractivity contribution is -0.136. The minimum absolute atomic E-state index is 0.0287. The smallest absolute Gasteiger partial charge is 0.310 e. The maximum atomic E-state index is 13.7. The predicted octanol–water partition coefficient (Wildman–Crippen LogP) is 1.61. The molecular weight excluding hydrogens is 560 g/mol. The zero-order valence-corrected chi connectivity index (χ0v) is 23.6. The van der Waals surface area contributed by atoms with Crippen molar-refractivity contribution in [3.63, 3.8) is 0 Å². The van der Waals surface area contributed by atoms with E-state index in [2.05, 4.69) is 15.3 Å². The number of aromatic amines is 1. The Kier molecular flexibility index (Phi) is 7.34. The Labute approximate surface area is 236 Å². The van der Waals surface area contributed by atoms with Gasteiger partial charge in [0.2, 0.25) is 5.91 Å². The van der Waals surface area contributed by atoms with Crippen LogP contribution in [0.2, 0.25) is 5.02 Å². The van der Waals surface area contributed by atoms with Crippen LogP contribution < -0.4 is 5.32 Å². The molecule has 2 unspecified atom stereocenters. The third-order valence-corrected chi connectivity index (χ3v) is 9.75. The first-order valence-corrected chi connectivity index (χ1v) is 15.2. The van der Waals surface area contributed by atoms with Gasteiger partial charge in [-0.25, -0.2) is 13.4 Å². The average molecular weight is 591 g/mol. The number of nitrogens with one attached hydrogen (secondary N) is 2. The Bertz CT molecular complexity index is 1550. The van der Waals surface area contributed by atoms with Crippen LogP contribution in [0.15, 0.2) is 33.7 Å². The first-order chi connectivity index (χ1) is 19.2. The van der Waals surface area contributed by atoms with Gasteiger partial charge in [0, 0.05) is 67.5 Å². The van der Waals surface area contributed by atoms with Gasteiger partial charge < -0.3 is 29.3 Å². The van der Waals surface area contributed by atoms with Gasteiger partial charge >= 0.3 is 5.91 Å². The first kappa shape index (κ1) is 27.2. The third kappa shape index (κ3) is 5.23. The van der Waals surface area contributed by atoms with E-state index in [1.807, 2.05) is 6.92 Å². The highest BCUT2D eigenvalue weighted by atomic mass is 35.5. The molecule has 3 aliphatic rings. The van der Waals surface area contributed by atoms with Gasteiger partial charge in [-0.15, -0.1) is 0 Å². The molecule has 2 saturated heterocycles. The molecule has 3 aromatic rings. The minimum atomic E-state index is -3.95. The molecule has 0 saturated carbocycles. The van der Waals surface area contributed by atoms with Crippen LogP contribution in [-0.2, 0) is 32.5 Å². The van der Waals surface area contributed by atoms with Crippen LogP contribution in [0.4, 0.5) is 0 Å². The number of benzene rings is 1. The van der Waals surface area contributed by atoms with E-state index < -0.39 is 22.0 Å². The molecule has 1 aromatic carbocycles. The molecule has 12 nitrogen and oxygen atoms in total. The number of aromatic nitrogens is 2. The number of carbonyl (C=O) groups excluding carboxylic acids is 2. The van der Waals surface area contributed by atoms with Crippen molar-refractivity contribution < 1.29 is 27.2 Å². The number of ether oxygens (including phenoxy) is 1. The summed E-state index contributed by atoms with van der Waals surface area (Å²) in [5.74, 6) is -0.00879. The summed E-state index contributed by atoms with van der Waals surface area (Å²) in [5.41, 5.74) is 1.39. The largest absolute Gasteiger partial charge is 0.436 e. The number of halogens is 1. The Morgan fingerprint density at radius 3 is 2.75 bits per heavy atom. The van der Waals surface area contributed by atoms with Gasteiger partial charge in [0.1, 0.15) is 10.8 Å². The molecule has 2 aromatic heterocycles. The number of sulfonamides is 1. The van der Waals surface area contributed by atoms with Crippen LogP contribution in [0.5, 0.6) is 0 Å². The number of oxazole rings is 1. The van der Waals surface area contributed by atoms with Gasteiger partial charge in [-0.3, -0.25) is 9.59 Å². The standard InChI is InChI=1S/C26H31ClN6O6S/c1-16-10-21-22(14-28-16)39-25(30-21)26(35)33-5-4-32(15-19(33)13-24(34)31-6-8-38-9-7-31)40(36,37)23-12-17-11-18(27)2-3-20(17)29-23/h2-3,11-12,16,19,28-29H,4-10,13-15H2,1H3. The third-order valence-electron chi connectivity index (χ3n) is 7.73. The van der Waals surface area contributed by atoms with Gasteiger partial charge in [-0.05, 0) is 31.2 Å². The Morgan fingerprint density at radius 2 is 1.95 bits per heavy atom. The number of nitrogens with zero attached hydrogens (tertiary/aromatic N) is 4. The SMILES string of the molecule is CC1Cc2nc(C(=O)N3CCN(S(=O)(=O)c4cc5cc(Cl)ccc5[nH]4)CC3CC(=O)N3CCOCC3)oc2CN1. The van der Waals surface area contributed by atoms with Crippen LogP contribution in [0, 0.1) is 0 Å². The summed E-state index contributed by atoms with van der Waals surface area (Å²) in [5, 5.41) is 4.50. The van der Waals surface area contributed by atoms with Crippen molar-refractivity contribution in [3.05, 3.63) is 46.6 Å². The lowest BCUT2D eigenvalue weighted by atomic mass is 10.1. The van der Waals surface area contributed by atoms with Crippen LogP contribution in [-0.4, -0.2) is 102 Å². The molecule has 0 radical (unpaired) electrons. The van der Waals surface area contributed by atoms with E-state index in [-0.39, 0.29) is 48.9 Å². The van der Waals surface area contributed by atoms with Crippen molar-refractivity contribution in [2.75, 3.05) is 45.9 Å². The quantitative estimate of drug-likeness (QED) is 0.457. The highest BCUT2D eigenvalue weighted by Gasteiger charge is 2.40. The predicted molar refractivity (Wildman–Crippen MR) is 145 cm³/mol. The minimum Gasteiger partial charge on any atom is -0.436 e. The number of hydrogen-bond donors (Lipinski definition) is 2. The van der Waals surface area contributed by atoms with Gasteiger partial charge in [0.15, 0.2) is 0 Å². The number of rotatable bonds is 5. The fraction of sp³-hybridized carbons (Fsp3) is 0.500. The van der Waals surface area contributed by atoms with E-state index in [0.717, 1.165) is 5.69 Å². The van der Waals surface area contributed by atoms with Crippen LogP contribution >= 0.6 is 11.6 Å². The highest BCUT2D eigenvalue weighted by Crippen LogP contribution is 2.28. The van der Waals surface area contributed by atoms with E-state index in [1.165, 1.54) is 9.21 Å². The highest BCUT2D eigenvalue weighted by molar-refractivity contribution is 7.89. The number of morpholine rings is 1. The maximum absolute atomic E-state index is 13.7. The zero-order valence-electron chi connectivity index (χ0n) is 22.1. The number of amides is 2. The summed E-state index contributed by atoms with van der Waals surface area (Å²) in [6, 6.07) is 6.17. The second kappa shape index (κ2) is 10.8. The molecule has 2 atom stereocenters. The number of fused-ring (bicyclic) bond motifs is 2. The summed E-state index contributed by atoms with van der Waals surface area (Å²) in [6.07, 6.45) is 0.617. The lowest BCUT2D eigenvalue weighted by Crippen LogP contribution is -2.58. The molecule has 5 heterocycles. The van der Waals surface area contributed by atoms with Crippen molar-refractivity contribution in [3.8, 4) is 0 Å². The summed E-state index contributed by atoms with van der Waals surface area (Å²) in [4.78, 5) is 37.6. The molecule has 3 aliphatic heterocycles. The van der Waals surface area contributed by atoms with Crippen molar-refractivity contribution in [2.24, 2.45) is 0 Å². The van der Waals surface area contributed by atoms with Crippen molar-refractivity contribution in [1.29, 1.82) is 0 Å². The Hall–Kier alpha value is -2.97. The molecule has 2 fully saturated rings. The topological polar surface area (TPSA) is 141 Å². The molecular formula is C26H31ClN6O6S. The van der Waals surface area contributed by atoms with E-state index in [9.17, 15) is 18.0 Å². The van der Waals surface area contributed by atoms with E-state index in [0.29, 0.717) is 61.0 Å². The normalized spacial score (nSPS) is 22.4. The average Bonchev–Trinajstić information content (AvgIpc) is 3.57. The van der Waals surface area contributed by atoms with E-state index in [4.69, 9.17) is 20.8 Å². The summed E-state index contributed by atoms with van der Waals surface area (Å²) in [7, 11) is -3.95. The summed E-state index contributed by atoms with van der Waals surface area (Å²) in [6.45, 7) is 4.42. The van der Waals surface area contributed by atoms with Crippen LogP contribution in [0.1, 0.15) is 35.5 Å². The van der Waals surface area contributed by atoms with E-state index >= 15 is 0 Å². The molecule has 2 N–H and O–H groups in total. The number of carbonyl (C=O) groups is 2. The fourth-order valence-corrected chi connectivity index (χ4v) is 7.17. The van der Waals surface area contributed by atoms with Gasteiger partial charge in [0.05, 0.1) is 31.5 Å². The Balaban J connectivity index is 1.27. The summed E-state index contributed by atoms with van der Waals surface area (Å²) < 4.78 is 39.9. The molecule has 40 heavy (non-hydrogen) atoms. The van der Waals surface area contributed by atoms with Gasteiger partial charge in [-0.2, -0.15) is 4.31 Å². The fourth-order valence-electron chi connectivity index (χ4n) is 5.51. The monoisotopic (exact) mass is 590 g/mol. The number of H-pyrrole nitrogens is 1. The zero-order chi connectivity index (χ0) is 28.0. The van der Waals surface area contributed by atoms with E-state index in [1.54, 1.807) is 29.2 Å². The second-order valence-corrected chi connectivity index (χ2v) is 12.8. The van der Waals surface area contributed by atoms with Crippen molar-refractivity contribution in [1.82, 2.24) is 29.4 Å². The summed E-state index contributed by atoms with van der Waals surface area (Å²) >= 11 is 6.09. The maximum Gasteiger partial charge on any atom is 0.310 e. The van der Waals surface area contributed by atoms with Crippen molar-refractivity contribution >= 4 is 44.3 Å². The van der Waals surface area contributed by atoms with Crippen LogP contribution in [0.25, 0.3) is 10.9 Å². The molecule has 2 amide bonds. The Morgan fingerprint density at radius 1 is 1.15 bits per heavy atom. The van der Waals surface area contributed by atoms with Crippen LogP contribution in [0.3, 0.4) is 0 Å². The molecule has 214 valence electrons. The van der Waals surface area contributed by atoms with Gasteiger partial charge in [-0.1, -0.05) is 11.6 Å². The lowest BCUT2D eigenvalue weighted by Gasteiger charge is -2.40. The molecule has 0 aliphatic carbocycles.